The van der Waals surface area contributed by atoms with Crippen molar-refractivity contribution in [3.8, 4) is 0 Å². The smallest absolute Gasteiger partial charge is 0.255 e. The first-order valence-corrected chi connectivity index (χ1v) is 12.4. The van der Waals surface area contributed by atoms with Gasteiger partial charge in [-0.3, -0.25) is 9.59 Å². The molecular weight excluding hydrogens is 396 g/mol. The fourth-order valence-corrected chi connectivity index (χ4v) is 3.84. The molecule has 2 aromatic rings. The van der Waals surface area contributed by atoms with Crippen LogP contribution in [0.15, 0.2) is 48.5 Å². The molecule has 2 rings (SSSR count). The van der Waals surface area contributed by atoms with Gasteiger partial charge in [0.25, 0.3) is 5.91 Å². The molecule has 0 aliphatic rings. The molecule has 32 heavy (non-hydrogen) atoms. The number of carbonyl (C=O) groups excluding carboxylic acids is 2. The zero-order valence-corrected chi connectivity index (χ0v) is 19.9. The van der Waals surface area contributed by atoms with E-state index in [9.17, 15) is 9.59 Å². The Morgan fingerprint density at radius 2 is 1.31 bits per heavy atom. The fourth-order valence-electron chi connectivity index (χ4n) is 3.84. The highest BCUT2D eigenvalue weighted by Crippen LogP contribution is 2.21. The molecule has 0 aliphatic carbocycles. The summed E-state index contributed by atoms with van der Waals surface area (Å²) in [5.74, 6) is -0.0802. The van der Waals surface area contributed by atoms with Crippen molar-refractivity contribution in [1.82, 2.24) is 0 Å². The normalized spacial score (nSPS) is 10.7. The van der Waals surface area contributed by atoms with Gasteiger partial charge in [-0.2, -0.15) is 0 Å². The standard InChI is InChI=1S/C28H40N2O2/c1-3-4-5-6-7-8-9-10-11-12-16-19-27(31)29-25-20-21-26(23(2)22-25)30-28(32)24-17-14-13-15-18-24/h13-15,17-18,20-22H,3-12,16,19H2,1-2H3,(H,29,31)(H,30,32). The summed E-state index contributed by atoms with van der Waals surface area (Å²) in [5, 5.41) is 5.91. The van der Waals surface area contributed by atoms with Crippen LogP contribution in [0.4, 0.5) is 11.4 Å². The summed E-state index contributed by atoms with van der Waals surface area (Å²) in [6.07, 6.45) is 14.6. The Hall–Kier alpha value is -2.62. The van der Waals surface area contributed by atoms with Crippen molar-refractivity contribution in [3.63, 3.8) is 0 Å². The Labute approximate surface area is 194 Å². The second-order valence-corrected chi connectivity index (χ2v) is 8.68. The van der Waals surface area contributed by atoms with Gasteiger partial charge in [0.05, 0.1) is 0 Å². The number of hydrogen-bond acceptors (Lipinski definition) is 2. The lowest BCUT2D eigenvalue weighted by Crippen LogP contribution is -2.14. The zero-order chi connectivity index (χ0) is 23.0. The number of nitrogens with one attached hydrogen (secondary N) is 2. The largest absolute Gasteiger partial charge is 0.326 e. The minimum atomic E-state index is -0.137. The molecule has 0 unspecified atom stereocenters. The third kappa shape index (κ3) is 10.1. The van der Waals surface area contributed by atoms with E-state index in [4.69, 9.17) is 0 Å². The second-order valence-electron chi connectivity index (χ2n) is 8.68. The minimum Gasteiger partial charge on any atom is -0.326 e. The molecule has 0 radical (unpaired) electrons. The topological polar surface area (TPSA) is 58.2 Å². The van der Waals surface area contributed by atoms with Crippen molar-refractivity contribution in [2.75, 3.05) is 10.6 Å². The van der Waals surface area contributed by atoms with E-state index in [-0.39, 0.29) is 11.8 Å². The lowest BCUT2D eigenvalue weighted by Gasteiger charge is -2.11. The van der Waals surface area contributed by atoms with Crippen molar-refractivity contribution in [2.45, 2.75) is 90.9 Å². The van der Waals surface area contributed by atoms with Gasteiger partial charge in [-0.1, -0.05) is 89.3 Å². The molecular formula is C28H40N2O2. The predicted molar refractivity (Wildman–Crippen MR) is 135 cm³/mol. The van der Waals surface area contributed by atoms with Gasteiger partial charge in [-0.25, -0.2) is 0 Å². The van der Waals surface area contributed by atoms with Gasteiger partial charge < -0.3 is 10.6 Å². The van der Waals surface area contributed by atoms with Crippen LogP contribution in [0.3, 0.4) is 0 Å². The number of aryl methyl sites for hydroxylation is 1. The van der Waals surface area contributed by atoms with Crippen LogP contribution in [-0.4, -0.2) is 11.8 Å². The maximum Gasteiger partial charge on any atom is 0.255 e. The summed E-state index contributed by atoms with van der Waals surface area (Å²) < 4.78 is 0. The first kappa shape index (κ1) is 25.6. The van der Waals surface area contributed by atoms with E-state index >= 15 is 0 Å². The number of amides is 2. The van der Waals surface area contributed by atoms with E-state index in [1.54, 1.807) is 12.1 Å². The molecule has 4 nitrogen and oxygen atoms in total. The van der Waals surface area contributed by atoms with Gasteiger partial charge in [0, 0.05) is 23.4 Å². The van der Waals surface area contributed by atoms with E-state index in [1.807, 2.05) is 43.3 Å². The van der Waals surface area contributed by atoms with E-state index < -0.39 is 0 Å². The molecule has 0 fully saturated rings. The minimum absolute atomic E-state index is 0.0568. The van der Waals surface area contributed by atoms with E-state index in [0.717, 1.165) is 29.8 Å². The number of benzene rings is 2. The molecule has 0 saturated heterocycles. The fraction of sp³-hybridized carbons (Fsp3) is 0.500. The lowest BCUT2D eigenvalue weighted by molar-refractivity contribution is -0.116. The van der Waals surface area contributed by atoms with Crippen LogP contribution < -0.4 is 10.6 Å². The molecule has 2 aromatic carbocycles. The highest BCUT2D eigenvalue weighted by molar-refractivity contribution is 6.04. The quantitative estimate of drug-likeness (QED) is 0.279. The third-order valence-corrected chi connectivity index (χ3v) is 5.80. The van der Waals surface area contributed by atoms with Crippen LogP contribution in [0.1, 0.15) is 99.9 Å². The average Bonchev–Trinajstić information content (AvgIpc) is 2.80. The molecule has 2 N–H and O–H groups in total. The summed E-state index contributed by atoms with van der Waals surface area (Å²) in [6.45, 7) is 4.19. The Morgan fingerprint density at radius 1 is 0.719 bits per heavy atom. The molecule has 174 valence electrons. The highest BCUT2D eigenvalue weighted by atomic mass is 16.2. The van der Waals surface area contributed by atoms with Gasteiger partial charge in [0.1, 0.15) is 0 Å². The van der Waals surface area contributed by atoms with Crippen LogP contribution in [0.2, 0.25) is 0 Å². The molecule has 0 aromatic heterocycles. The van der Waals surface area contributed by atoms with Gasteiger partial charge in [-0.15, -0.1) is 0 Å². The number of unbranched alkanes of at least 4 members (excludes halogenated alkanes) is 10. The second kappa shape index (κ2) is 15.2. The molecule has 0 heterocycles. The summed E-state index contributed by atoms with van der Waals surface area (Å²) in [5.41, 5.74) is 3.06. The summed E-state index contributed by atoms with van der Waals surface area (Å²) >= 11 is 0. The van der Waals surface area contributed by atoms with Crippen LogP contribution in [0.5, 0.6) is 0 Å². The molecule has 4 heteroatoms. The van der Waals surface area contributed by atoms with E-state index in [2.05, 4.69) is 17.6 Å². The molecule has 2 amide bonds. The van der Waals surface area contributed by atoms with Crippen LogP contribution in [0.25, 0.3) is 0 Å². The number of hydrogen-bond donors (Lipinski definition) is 2. The number of anilines is 2. The lowest BCUT2D eigenvalue weighted by atomic mass is 10.1. The monoisotopic (exact) mass is 436 g/mol. The highest BCUT2D eigenvalue weighted by Gasteiger charge is 2.09. The Balaban J connectivity index is 1.61. The summed E-state index contributed by atoms with van der Waals surface area (Å²) in [7, 11) is 0. The van der Waals surface area contributed by atoms with Gasteiger partial charge >= 0.3 is 0 Å². The van der Waals surface area contributed by atoms with Crippen LogP contribution in [0, 0.1) is 6.92 Å². The molecule has 0 atom stereocenters. The van der Waals surface area contributed by atoms with Crippen molar-refractivity contribution < 1.29 is 9.59 Å². The first-order valence-electron chi connectivity index (χ1n) is 12.4. The molecule has 0 spiro atoms. The maximum atomic E-state index is 12.3. The Morgan fingerprint density at radius 3 is 1.91 bits per heavy atom. The average molecular weight is 437 g/mol. The van der Waals surface area contributed by atoms with E-state index in [1.165, 1.54) is 57.8 Å². The van der Waals surface area contributed by atoms with Crippen molar-refractivity contribution in [3.05, 3.63) is 59.7 Å². The summed E-state index contributed by atoms with van der Waals surface area (Å²) in [6, 6.07) is 14.7. The molecule has 0 saturated carbocycles. The van der Waals surface area contributed by atoms with Crippen LogP contribution in [-0.2, 0) is 4.79 Å². The van der Waals surface area contributed by atoms with Gasteiger partial charge in [0.2, 0.25) is 5.91 Å². The van der Waals surface area contributed by atoms with Gasteiger partial charge in [-0.05, 0) is 49.2 Å². The number of carbonyl (C=O) groups is 2. The van der Waals surface area contributed by atoms with Crippen molar-refractivity contribution in [1.29, 1.82) is 0 Å². The zero-order valence-electron chi connectivity index (χ0n) is 19.9. The van der Waals surface area contributed by atoms with Crippen molar-refractivity contribution >= 4 is 23.2 Å². The predicted octanol–water partition coefficient (Wildman–Crippen LogP) is 7.89. The first-order chi connectivity index (χ1) is 15.6. The summed E-state index contributed by atoms with van der Waals surface area (Å²) in [4.78, 5) is 24.6. The number of rotatable bonds is 15. The van der Waals surface area contributed by atoms with E-state index in [0.29, 0.717) is 12.0 Å². The SMILES string of the molecule is CCCCCCCCCCCCCC(=O)Nc1ccc(NC(=O)c2ccccc2)c(C)c1. The maximum absolute atomic E-state index is 12.3. The Bertz CT molecular complexity index is 817. The third-order valence-electron chi connectivity index (χ3n) is 5.80. The van der Waals surface area contributed by atoms with Crippen LogP contribution >= 0.6 is 0 Å². The molecule has 0 aliphatic heterocycles. The Kier molecular flexibility index (Phi) is 12.2. The van der Waals surface area contributed by atoms with Crippen molar-refractivity contribution in [2.24, 2.45) is 0 Å². The molecule has 0 bridgehead atoms. The van der Waals surface area contributed by atoms with Gasteiger partial charge in [0.15, 0.2) is 0 Å².